The zero-order valence-corrected chi connectivity index (χ0v) is 23.3. The molecule has 0 atom stereocenters. The number of aromatic nitrogens is 1. The molecule has 0 radical (unpaired) electrons. The summed E-state index contributed by atoms with van der Waals surface area (Å²) in [6, 6.07) is 24.2. The van der Waals surface area contributed by atoms with Gasteiger partial charge in [0.05, 0.1) is 16.1 Å². The number of anilines is 1. The minimum absolute atomic E-state index is 0. The highest BCUT2D eigenvalue weighted by Crippen LogP contribution is 2.47. The van der Waals surface area contributed by atoms with Crippen molar-refractivity contribution in [3.05, 3.63) is 94.0 Å². The number of fused-ring (bicyclic) bond motifs is 6. The number of nitrogens with zero attached hydrogens (tertiary/aromatic N) is 1. The maximum absolute atomic E-state index is 3.73. The summed E-state index contributed by atoms with van der Waals surface area (Å²) in [5, 5.41) is 11.5. The van der Waals surface area contributed by atoms with Gasteiger partial charge >= 0.3 is 0 Å². The molecule has 1 aliphatic heterocycles. The van der Waals surface area contributed by atoms with E-state index in [1.165, 1.54) is 63.5 Å². The van der Waals surface area contributed by atoms with E-state index < -0.39 is 0 Å². The minimum atomic E-state index is 0. The third-order valence-corrected chi connectivity index (χ3v) is 8.77. The Morgan fingerprint density at radius 1 is 0.943 bits per heavy atom. The largest absolute Gasteiger partial charge is 1.00 e. The van der Waals surface area contributed by atoms with E-state index in [0.29, 0.717) is 0 Å². The predicted octanol–water partition coefficient (Wildman–Crippen LogP) is 5.54. The first-order chi connectivity index (χ1) is 16.7. The van der Waals surface area contributed by atoms with Crippen LogP contribution in [0.2, 0.25) is 0 Å². The Morgan fingerprint density at radius 2 is 1.69 bits per heavy atom. The molecular weight excluding hydrogens is 532 g/mol. The zero-order valence-electron chi connectivity index (χ0n) is 20.1. The molecule has 2 nitrogen and oxygen atoms in total. The molecule has 0 unspecified atom stereocenters. The number of thioether (sulfide) groups is 1. The first kappa shape index (κ1) is 24.1. The van der Waals surface area contributed by atoms with Gasteiger partial charge in [-0.05, 0) is 66.5 Å². The molecule has 2 heterocycles. The number of hydrogen-bond acceptors (Lipinski definition) is 3. The highest BCUT2D eigenvalue weighted by atomic mass is 79.9. The Hall–Kier alpha value is -2.60. The number of hydrogen-bond donors (Lipinski definition) is 1. The quantitative estimate of drug-likeness (QED) is 0.291. The van der Waals surface area contributed by atoms with Gasteiger partial charge in [0.25, 0.3) is 5.01 Å². The zero-order chi connectivity index (χ0) is 23.2. The third-order valence-electron chi connectivity index (χ3n) is 6.56. The summed E-state index contributed by atoms with van der Waals surface area (Å²) in [7, 11) is 0. The molecule has 0 saturated carbocycles. The first-order valence-electron chi connectivity index (χ1n) is 11.9. The Morgan fingerprint density at radius 3 is 2.46 bits per heavy atom. The number of thiazole rings is 1. The summed E-state index contributed by atoms with van der Waals surface area (Å²) in [5.41, 5.74) is 5.27. The molecule has 0 spiro atoms. The van der Waals surface area contributed by atoms with Gasteiger partial charge in [-0.3, -0.25) is 0 Å². The van der Waals surface area contributed by atoms with Gasteiger partial charge in [0, 0.05) is 16.4 Å². The molecule has 5 heteroatoms. The maximum Gasteiger partial charge on any atom is 0.263 e. The van der Waals surface area contributed by atoms with Crippen molar-refractivity contribution in [1.29, 1.82) is 0 Å². The molecule has 6 rings (SSSR count). The number of halogens is 1. The van der Waals surface area contributed by atoms with Crippen molar-refractivity contribution in [2.24, 2.45) is 0 Å². The second-order valence-electron chi connectivity index (χ2n) is 8.76. The molecule has 1 aromatic heterocycles. The summed E-state index contributed by atoms with van der Waals surface area (Å²) in [4.78, 5) is 1.37. The van der Waals surface area contributed by atoms with E-state index in [4.69, 9.17) is 0 Å². The lowest BCUT2D eigenvalue weighted by Gasteiger charge is -2.09. The van der Waals surface area contributed by atoms with Crippen LogP contribution in [-0.2, 0) is 13.0 Å². The fourth-order valence-corrected chi connectivity index (χ4v) is 7.42. The fraction of sp³-hybridized carbons (Fsp3) is 0.167. The van der Waals surface area contributed by atoms with Gasteiger partial charge in [-0.15, -0.1) is 0 Å². The number of nitrogens with one attached hydrogen (secondary N) is 1. The van der Waals surface area contributed by atoms with Crippen LogP contribution >= 0.6 is 23.1 Å². The first-order valence-corrected chi connectivity index (χ1v) is 13.5. The molecule has 0 bridgehead atoms. The summed E-state index contributed by atoms with van der Waals surface area (Å²) < 4.78 is 3.80. The Kier molecular flexibility index (Phi) is 6.75. The van der Waals surface area contributed by atoms with Gasteiger partial charge in [-0.2, -0.15) is 4.57 Å². The van der Waals surface area contributed by atoms with E-state index in [1.54, 1.807) is 0 Å². The molecule has 4 aromatic carbocycles. The van der Waals surface area contributed by atoms with Crippen molar-refractivity contribution in [1.82, 2.24) is 0 Å². The van der Waals surface area contributed by atoms with Crippen molar-refractivity contribution < 1.29 is 21.5 Å². The number of allylic oxidation sites excluding steroid dienone is 2. The molecule has 1 N–H and O–H groups in total. The van der Waals surface area contributed by atoms with Crippen LogP contribution in [0.25, 0.3) is 37.8 Å². The Balaban J connectivity index is 0.00000253. The molecule has 0 amide bonds. The van der Waals surface area contributed by atoms with Crippen LogP contribution in [0.15, 0.2) is 88.3 Å². The predicted molar refractivity (Wildman–Crippen MR) is 150 cm³/mol. The van der Waals surface area contributed by atoms with Crippen LogP contribution in [0, 0.1) is 0 Å². The van der Waals surface area contributed by atoms with E-state index in [-0.39, 0.29) is 17.0 Å². The SMILES string of the molecule is CCc1cc2ccccc2c2c1SC(=CC(C)=Cc1sc3ccc4ccccc4c3[n+]1CC)N2.[Br-]. The van der Waals surface area contributed by atoms with Crippen LogP contribution in [0.1, 0.15) is 31.3 Å². The molecule has 0 saturated heterocycles. The van der Waals surface area contributed by atoms with Gasteiger partial charge in [0.1, 0.15) is 11.2 Å². The molecule has 176 valence electrons. The van der Waals surface area contributed by atoms with Gasteiger partial charge < -0.3 is 22.3 Å². The van der Waals surface area contributed by atoms with Crippen LogP contribution in [-0.4, -0.2) is 0 Å². The van der Waals surface area contributed by atoms with Gasteiger partial charge in [-0.25, -0.2) is 0 Å². The maximum atomic E-state index is 3.73. The smallest absolute Gasteiger partial charge is 0.263 e. The standard InChI is InChI=1S/C30H26N2S2.BrH/c1-4-20-18-22-11-7-8-12-23(22)28-30(20)34-26(31-28)16-19(3)17-27-32(5-2)29-24-13-9-6-10-21(24)14-15-25(29)33-27;/h6-18H,4-5H2,1-3H3;1H. The van der Waals surface area contributed by atoms with E-state index in [9.17, 15) is 0 Å². The van der Waals surface area contributed by atoms with Crippen LogP contribution < -0.4 is 26.9 Å². The Bertz CT molecular complexity index is 1650. The van der Waals surface area contributed by atoms with E-state index >= 15 is 0 Å². The van der Waals surface area contributed by atoms with E-state index in [0.717, 1.165) is 13.0 Å². The average Bonchev–Trinajstić information content (AvgIpc) is 3.44. The lowest BCUT2D eigenvalue weighted by atomic mass is 10.0. The topological polar surface area (TPSA) is 15.9 Å². The second-order valence-corrected chi connectivity index (χ2v) is 10.9. The van der Waals surface area contributed by atoms with Crippen molar-refractivity contribution in [3.63, 3.8) is 0 Å². The molecule has 1 aliphatic rings. The molecule has 35 heavy (non-hydrogen) atoms. The highest BCUT2D eigenvalue weighted by Gasteiger charge is 2.23. The van der Waals surface area contributed by atoms with Crippen molar-refractivity contribution in [2.75, 3.05) is 5.32 Å². The highest BCUT2D eigenvalue weighted by molar-refractivity contribution is 8.03. The molecule has 5 aromatic rings. The van der Waals surface area contributed by atoms with Gasteiger partial charge in [0.2, 0.25) is 5.52 Å². The minimum Gasteiger partial charge on any atom is -1.00 e. The average molecular weight is 560 g/mol. The van der Waals surface area contributed by atoms with Crippen molar-refractivity contribution >= 4 is 66.6 Å². The summed E-state index contributed by atoms with van der Waals surface area (Å²) in [6.45, 7) is 7.64. The van der Waals surface area contributed by atoms with Crippen molar-refractivity contribution in [3.8, 4) is 0 Å². The van der Waals surface area contributed by atoms with Crippen LogP contribution in [0.3, 0.4) is 0 Å². The van der Waals surface area contributed by atoms with Crippen molar-refractivity contribution in [2.45, 2.75) is 38.6 Å². The number of benzene rings is 4. The van der Waals surface area contributed by atoms with E-state index in [2.05, 4.69) is 110 Å². The Labute approximate surface area is 225 Å². The fourth-order valence-electron chi connectivity index (χ4n) is 4.95. The summed E-state index contributed by atoms with van der Waals surface area (Å²) in [5.74, 6) is 0. The third kappa shape index (κ3) is 4.20. The second kappa shape index (κ2) is 9.81. The lowest BCUT2D eigenvalue weighted by molar-refractivity contribution is -0.664. The van der Waals surface area contributed by atoms with Gasteiger partial charge in [0.15, 0.2) is 0 Å². The normalized spacial score (nSPS) is 14.5. The monoisotopic (exact) mass is 558 g/mol. The van der Waals surface area contributed by atoms with Gasteiger partial charge in [-0.1, -0.05) is 78.6 Å². The van der Waals surface area contributed by atoms with Crippen LogP contribution in [0.5, 0.6) is 0 Å². The molecule has 0 aliphatic carbocycles. The summed E-state index contributed by atoms with van der Waals surface area (Å²) in [6.07, 6.45) is 5.66. The lowest BCUT2D eigenvalue weighted by Crippen LogP contribution is -3.00. The molecule has 0 fully saturated rings. The van der Waals surface area contributed by atoms with E-state index in [1.807, 2.05) is 23.1 Å². The number of rotatable bonds is 4. The number of aryl methyl sites for hydroxylation is 2. The van der Waals surface area contributed by atoms with Crippen LogP contribution in [0.4, 0.5) is 5.69 Å². The molecular formula is C30H27BrN2S2. The summed E-state index contributed by atoms with van der Waals surface area (Å²) >= 11 is 3.74.